The first-order chi connectivity index (χ1) is 9.13. The van der Waals surface area contributed by atoms with Crippen molar-refractivity contribution < 1.29 is 9.21 Å². The van der Waals surface area contributed by atoms with Crippen LogP contribution in [0, 0.1) is 0 Å². The van der Waals surface area contributed by atoms with E-state index in [1.165, 1.54) is 0 Å². The van der Waals surface area contributed by atoms with Gasteiger partial charge in [0.2, 0.25) is 11.8 Å². The first-order valence-electron chi connectivity index (χ1n) is 6.02. The molecule has 1 aliphatic rings. The molecule has 1 amide bonds. The molecule has 1 atom stereocenters. The van der Waals surface area contributed by atoms with Crippen LogP contribution in [0.3, 0.4) is 0 Å². The summed E-state index contributed by atoms with van der Waals surface area (Å²) in [6, 6.07) is -0.726. The van der Waals surface area contributed by atoms with Gasteiger partial charge in [-0.05, 0) is 12.8 Å². The molecule has 3 N–H and O–H groups in total. The number of aryl methyl sites for hydroxylation is 1. The molecular weight excluding hydrogens is 248 g/mol. The van der Waals surface area contributed by atoms with Crippen molar-refractivity contribution in [2.45, 2.75) is 24.8 Å². The minimum Gasteiger partial charge on any atom is -0.408 e. The first-order valence-corrected chi connectivity index (χ1v) is 6.02. The third kappa shape index (κ3) is 2.48. The molecule has 8 nitrogen and oxygen atoms in total. The summed E-state index contributed by atoms with van der Waals surface area (Å²) in [6.07, 6.45) is 5.36. The third-order valence-corrected chi connectivity index (χ3v) is 2.96. The van der Waals surface area contributed by atoms with Gasteiger partial charge in [0, 0.05) is 24.7 Å². The van der Waals surface area contributed by atoms with Crippen molar-refractivity contribution in [1.29, 1.82) is 0 Å². The van der Waals surface area contributed by atoms with E-state index in [0.29, 0.717) is 17.4 Å². The number of carbonyl (C=O) groups is 1. The maximum absolute atomic E-state index is 11.9. The predicted octanol–water partition coefficient (Wildman–Crippen LogP) is 0.319. The van der Waals surface area contributed by atoms with Crippen molar-refractivity contribution in [3.63, 3.8) is 0 Å². The molecule has 2 aromatic heterocycles. The fraction of sp³-hybridized carbons (Fsp3) is 0.455. The quantitative estimate of drug-likeness (QED) is 0.820. The largest absolute Gasteiger partial charge is 0.408 e. The molecule has 0 spiro atoms. The second-order valence-corrected chi connectivity index (χ2v) is 4.63. The highest BCUT2D eigenvalue weighted by Gasteiger charge is 2.30. The zero-order chi connectivity index (χ0) is 13.4. The Labute approximate surface area is 109 Å². The molecule has 1 saturated carbocycles. The highest BCUT2D eigenvalue weighted by Crippen LogP contribution is 2.39. The summed E-state index contributed by atoms with van der Waals surface area (Å²) >= 11 is 0. The zero-order valence-corrected chi connectivity index (χ0v) is 10.4. The molecule has 1 fully saturated rings. The number of hydrogen-bond acceptors (Lipinski definition) is 6. The summed E-state index contributed by atoms with van der Waals surface area (Å²) in [5.41, 5.74) is 6.45. The van der Waals surface area contributed by atoms with Gasteiger partial charge < -0.3 is 10.2 Å². The zero-order valence-electron chi connectivity index (χ0n) is 10.4. The summed E-state index contributed by atoms with van der Waals surface area (Å²) < 4.78 is 6.92. The van der Waals surface area contributed by atoms with E-state index in [1.807, 2.05) is 0 Å². The topological polar surface area (TPSA) is 112 Å². The lowest BCUT2D eigenvalue weighted by Crippen LogP contribution is -2.27. The van der Waals surface area contributed by atoms with E-state index in [0.717, 1.165) is 12.8 Å². The van der Waals surface area contributed by atoms with Gasteiger partial charge in [0.05, 0.1) is 6.20 Å². The summed E-state index contributed by atoms with van der Waals surface area (Å²) in [4.78, 5) is 11.9. The molecule has 2 aromatic rings. The molecule has 0 saturated heterocycles. The van der Waals surface area contributed by atoms with E-state index < -0.39 is 11.9 Å². The fourth-order valence-electron chi connectivity index (χ4n) is 1.72. The van der Waals surface area contributed by atoms with Crippen molar-refractivity contribution >= 4 is 11.9 Å². The average molecular weight is 262 g/mol. The molecule has 8 heteroatoms. The van der Waals surface area contributed by atoms with Gasteiger partial charge in [0.25, 0.3) is 0 Å². The Hall–Kier alpha value is -2.22. The molecule has 3 rings (SSSR count). The SMILES string of the molecule is Cn1cc(C(N)C(=O)Nc2nnc(C3CC3)o2)cn1. The van der Waals surface area contributed by atoms with Gasteiger partial charge in [-0.25, -0.2) is 0 Å². The molecule has 0 bridgehead atoms. The number of nitrogens with one attached hydrogen (secondary N) is 1. The molecule has 0 radical (unpaired) electrons. The summed E-state index contributed by atoms with van der Waals surface area (Å²) in [5, 5.41) is 14.1. The lowest BCUT2D eigenvalue weighted by Gasteiger charge is -2.07. The molecule has 1 aliphatic carbocycles. The van der Waals surface area contributed by atoms with Crippen LogP contribution in [0.4, 0.5) is 6.01 Å². The Morgan fingerprint density at radius 2 is 2.37 bits per heavy atom. The van der Waals surface area contributed by atoms with Crippen LogP contribution in [0.5, 0.6) is 0 Å². The van der Waals surface area contributed by atoms with Crippen LogP contribution in [0.2, 0.25) is 0 Å². The smallest absolute Gasteiger partial charge is 0.322 e. The normalized spacial score (nSPS) is 16.3. The van der Waals surface area contributed by atoms with E-state index in [2.05, 4.69) is 20.6 Å². The van der Waals surface area contributed by atoms with Crippen molar-refractivity contribution in [1.82, 2.24) is 20.0 Å². The van der Waals surface area contributed by atoms with Crippen LogP contribution in [-0.2, 0) is 11.8 Å². The summed E-state index contributed by atoms with van der Waals surface area (Å²) in [7, 11) is 1.76. The monoisotopic (exact) mass is 262 g/mol. The summed E-state index contributed by atoms with van der Waals surface area (Å²) in [6.45, 7) is 0. The fourth-order valence-corrected chi connectivity index (χ4v) is 1.72. The van der Waals surface area contributed by atoms with Gasteiger partial charge in [-0.15, -0.1) is 5.10 Å². The van der Waals surface area contributed by atoms with Crippen LogP contribution in [0.25, 0.3) is 0 Å². The Kier molecular flexibility index (Phi) is 2.79. The standard InChI is InChI=1S/C11H14N6O2/c1-17-5-7(4-13-17)8(12)9(18)14-11-16-15-10(19-11)6-2-3-6/h4-6,8H,2-3,12H2,1H3,(H,14,16,18). The number of hydrogen-bond donors (Lipinski definition) is 2. The number of nitrogens with zero attached hydrogens (tertiary/aromatic N) is 4. The number of nitrogens with two attached hydrogens (primary N) is 1. The van der Waals surface area contributed by atoms with E-state index in [-0.39, 0.29) is 6.01 Å². The van der Waals surface area contributed by atoms with E-state index in [4.69, 9.17) is 10.2 Å². The molecule has 2 heterocycles. The minimum absolute atomic E-state index is 0.0891. The maximum Gasteiger partial charge on any atom is 0.322 e. The van der Waals surface area contributed by atoms with Crippen molar-refractivity contribution in [2.24, 2.45) is 12.8 Å². The molecule has 0 aromatic carbocycles. The molecule has 100 valence electrons. The Morgan fingerprint density at radius 1 is 1.58 bits per heavy atom. The second-order valence-electron chi connectivity index (χ2n) is 4.63. The number of carbonyl (C=O) groups excluding carboxylic acids is 1. The summed E-state index contributed by atoms with van der Waals surface area (Å²) in [5.74, 6) is 0.523. The van der Waals surface area contributed by atoms with Gasteiger partial charge in [-0.1, -0.05) is 5.10 Å². The van der Waals surface area contributed by atoms with Crippen LogP contribution in [0.1, 0.15) is 36.3 Å². The van der Waals surface area contributed by atoms with E-state index in [1.54, 1.807) is 24.1 Å². The van der Waals surface area contributed by atoms with Crippen molar-refractivity contribution in [2.75, 3.05) is 5.32 Å². The highest BCUT2D eigenvalue weighted by atomic mass is 16.4. The number of anilines is 1. The van der Waals surface area contributed by atoms with Gasteiger partial charge in [0.1, 0.15) is 6.04 Å². The highest BCUT2D eigenvalue weighted by molar-refractivity contribution is 5.93. The van der Waals surface area contributed by atoms with Gasteiger partial charge in [-0.3, -0.25) is 14.8 Å². The average Bonchev–Trinajstić information content (AvgIpc) is 2.99. The molecule has 1 unspecified atom stereocenters. The molecule has 19 heavy (non-hydrogen) atoms. The number of rotatable bonds is 4. The predicted molar refractivity (Wildman–Crippen MR) is 65.0 cm³/mol. The maximum atomic E-state index is 11.9. The second kappa shape index (κ2) is 4.47. The molecular formula is C11H14N6O2. The van der Waals surface area contributed by atoms with Crippen LogP contribution in [-0.4, -0.2) is 25.9 Å². The van der Waals surface area contributed by atoms with E-state index in [9.17, 15) is 4.79 Å². The lowest BCUT2D eigenvalue weighted by atomic mass is 10.1. The van der Waals surface area contributed by atoms with Crippen LogP contribution >= 0.6 is 0 Å². The van der Waals surface area contributed by atoms with Crippen molar-refractivity contribution in [3.8, 4) is 0 Å². The van der Waals surface area contributed by atoms with Gasteiger partial charge in [0.15, 0.2) is 0 Å². The van der Waals surface area contributed by atoms with Gasteiger partial charge in [-0.2, -0.15) is 5.10 Å². The first kappa shape index (κ1) is 11.8. The number of amides is 1. The lowest BCUT2D eigenvalue weighted by molar-refractivity contribution is -0.117. The Balaban J connectivity index is 1.66. The molecule has 0 aliphatic heterocycles. The number of aromatic nitrogens is 4. The Morgan fingerprint density at radius 3 is 3.00 bits per heavy atom. The van der Waals surface area contributed by atoms with Gasteiger partial charge >= 0.3 is 6.01 Å². The van der Waals surface area contributed by atoms with Crippen LogP contribution in [0.15, 0.2) is 16.8 Å². The van der Waals surface area contributed by atoms with E-state index >= 15 is 0 Å². The van der Waals surface area contributed by atoms with Crippen molar-refractivity contribution in [3.05, 3.63) is 23.8 Å². The Bertz CT molecular complexity index is 600. The minimum atomic E-state index is -0.815. The van der Waals surface area contributed by atoms with Crippen LogP contribution < -0.4 is 11.1 Å². The third-order valence-electron chi connectivity index (χ3n) is 2.96.